The van der Waals surface area contributed by atoms with Gasteiger partial charge in [0, 0.05) is 17.1 Å². The van der Waals surface area contributed by atoms with E-state index in [9.17, 15) is 0 Å². The first-order valence-corrected chi connectivity index (χ1v) is 5.67. The Kier molecular flexibility index (Phi) is 5.09. The highest BCUT2D eigenvalue weighted by Gasteiger charge is 2.10. The second-order valence-corrected chi connectivity index (χ2v) is 4.16. The minimum atomic E-state index is 0.163. The van der Waals surface area contributed by atoms with Crippen LogP contribution in [-0.4, -0.2) is 17.8 Å². The van der Waals surface area contributed by atoms with Crippen molar-refractivity contribution in [3.63, 3.8) is 0 Å². The molecule has 0 saturated heterocycles. The lowest BCUT2D eigenvalue weighted by molar-refractivity contribution is 0.230. The van der Waals surface area contributed by atoms with Crippen LogP contribution in [0.25, 0.3) is 0 Å². The standard InChI is InChI=1S/C12H18ClNO/c1-3-12(8-15)14-9(2)10-4-6-11(13)7-5-10/h4-7,9,12,14-15H,3,8H2,1-2H3/t9-,12+/m0/s1. The first-order chi connectivity index (χ1) is 7.17. The third kappa shape index (κ3) is 3.82. The Bertz CT molecular complexity index is 282. The van der Waals surface area contributed by atoms with E-state index in [-0.39, 0.29) is 18.7 Å². The van der Waals surface area contributed by atoms with Crippen molar-refractivity contribution in [1.29, 1.82) is 0 Å². The summed E-state index contributed by atoms with van der Waals surface area (Å²) in [5, 5.41) is 13.2. The third-order valence-electron chi connectivity index (χ3n) is 2.57. The Hall–Kier alpha value is -0.570. The molecule has 1 rings (SSSR count). The minimum absolute atomic E-state index is 0.163. The molecule has 0 fully saturated rings. The highest BCUT2D eigenvalue weighted by molar-refractivity contribution is 6.30. The molecule has 2 N–H and O–H groups in total. The van der Waals surface area contributed by atoms with Gasteiger partial charge in [0.1, 0.15) is 0 Å². The molecule has 0 spiro atoms. The first kappa shape index (κ1) is 12.5. The lowest BCUT2D eigenvalue weighted by atomic mass is 10.1. The molecular formula is C12H18ClNO. The molecule has 84 valence electrons. The van der Waals surface area contributed by atoms with E-state index < -0.39 is 0 Å². The molecule has 0 unspecified atom stereocenters. The fourth-order valence-electron chi connectivity index (χ4n) is 1.50. The molecule has 0 aliphatic carbocycles. The predicted molar refractivity (Wildman–Crippen MR) is 64.2 cm³/mol. The van der Waals surface area contributed by atoms with Crippen LogP contribution in [0.4, 0.5) is 0 Å². The van der Waals surface area contributed by atoms with Gasteiger partial charge in [0.05, 0.1) is 6.61 Å². The zero-order valence-corrected chi connectivity index (χ0v) is 9.96. The van der Waals surface area contributed by atoms with E-state index in [1.807, 2.05) is 24.3 Å². The van der Waals surface area contributed by atoms with Crippen LogP contribution in [0.2, 0.25) is 5.02 Å². The normalized spacial score (nSPS) is 14.9. The number of halogens is 1. The zero-order chi connectivity index (χ0) is 11.3. The molecular weight excluding hydrogens is 210 g/mol. The summed E-state index contributed by atoms with van der Waals surface area (Å²) < 4.78 is 0. The van der Waals surface area contributed by atoms with Gasteiger partial charge in [0.2, 0.25) is 0 Å². The molecule has 0 aromatic heterocycles. The summed E-state index contributed by atoms with van der Waals surface area (Å²) in [5.74, 6) is 0. The van der Waals surface area contributed by atoms with Gasteiger partial charge in [-0.1, -0.05) is 30.7 Å². The SMILES string of the molecule is CC[C@H](CO)N[C@@H](C)c1ccc(Cl)cc1. The maximum absolute atomic E-state index is 9.08. The predicted octanol–water partition coefficient (Wildman–Crippen LogP) is 2.76. The van der Waals surface area contributed by atoms with Crippen molar-refractivity contribution in [2.75, 3.05) is 6.61 Å². The number of hydrogen-bond donors (Lipinski definition) is 2. The molecule has 15 heavy (non-hydrogen) atoms. The molecule has 2 nitrogen and oxygen atoms in total. The summed E-state index contributed by atoms with van der Waals surface area (Å²) >= 11 is 5.82. The van der Waals surface area contributed by atoms with Gasteiger partial charge in [0.25, 0.3) is 0 Å². The quantitative estimate of drug-likeness (QED) is 0.811. The average Bonchev–Trinajstić information content (AvgIpc) is 2.26. The van der Waals surface area contributed by atoms with Crippen molar-refractivity contribution in [2.45, 2.75) is 32.4 Å². The summed E-state index contributed by atoms with van der Waals surface area (Å²) in [6.07, 6.45) is 0.925. The summed E-state index contributed by atoms with van der Waals surface area (Å²) in [6.45, 7) is 4.32. The molecule has 0 heterocycles. The van der Waals surface area contributed by atoms with Crippen molar-refractivity contribution in [1.82, 2.24) is 5.32 Å². The second kappa shape index (κ2) is 6.11. The maximum Gasteiger partial charge on any atom is 0.0584 e. The van der Waals surface area contributed by atoms with Gasteiger partial charge in [-0.15, -0.1) is 0 Å². The van der Waals surface area contributed by atoms with E-state index in [0.717, 1.165) is 11.4 Å². The van der Waals surface area contributed by atoms with E-state index in [2.05, 4.69) is 19.2 Å². The Morgan fingerprint density at radius 3 is 2.40 bits per heavy atom. The van der Waals surface area contributed by atoms with E-state index in [1.165, 1.54) is 5.56 Å². The van der Waals surface area contributed by atoms with Gasteiger partial charge in [0.15, 0.2) is 0 Å². The minimum Gasteiger partial charge on any atom is -0.395 e. The summed E-state index contributed by atoms with van der Waals surface area (Å²) in [4.78, 5) is 0. The smallest absolute Gasteiger partial charge is 0.0584 e. The van der Waals surface area contributed by atoms with E-state index >= 15 is 0 Å². The zero-order valence-electron chi connectivity index (χ0n) is 9.20. The van der Waals surface area contributed by atoms with E-state index in [4.69, 9.17) is 16.7 Å². The van der Waals surface area contributed by atoms with Crippen LogP contribution in [-0.2, 0) is 0 Å². The second-order valence-electron chi connectivity index (χ2n) is 3.73. The lowest BCUT2D eigenvalue weighted by Gasteiger charge is -2.20. The van der Waals surface area contributed by atoms with Gasteiger partial charge in [-0.3, -0.25) is 0 Å². The van der Waals surface area contributed by atoms with Crippen LogP contribution in [0, 0.1) is 0 Å². The van der Waals surface area contributed by atoms with E-state index in [1.54, 1.807) is 0 Å². The van der Waals surface area contributed by atoms with Crippen molar-refractivity contribution >= 4 is 11.6 Å². The Morgan fingerprint density at radius 2 is 1.93 bits per heavy atom. The van der Waals surface area contributed by atoms with E-state index in [0.29, 0.717) is 0 Å². The molecule has 0 bridgehead atoms. The Morgan fingerprint density at radius 1 is 1.33 bits per heavy atom. The molecule has 0 aliphatic rings. The first-order valence-electron chi connectivity index (χ1n) is 5.29. The maximum atomic E-state index is 9.08. The van der Waals surface area contributed by atoms with Gasteiger partial charge < -0.3 is 10.4 Å². The molecule has 1 aromatic rings. The van der Waals surface area contributed by atoms with Gasteiger partial charge in [-0.05, 0) is 31.0 Å². The van der Waals surface area contributed by atoms with Crippen molar-refractivity contribution < 1.29 is 5.11 Å². The summed E-state index contributed by atoms with van der Waals surface area (Å²) in [6, 6.07) is 8.17. The highest BCUT2D eigenvalue weighted by Crippen LogP contribution is 2.16. The fraction of sp³-hybridized carbons (Fsp3) is 0.500. The van der Waals surface area contributed by atoms with Crippen LogP contribution < -0.4 is 5.32 Å². The van der Waals surface area contributed by atoms with Crippen molar-refractivity contribution in [3.05, 3.63) is 34.9 Å². The number of hydrogen-bond acceptors (Lipinski definition) is 2. The van der Waals surface area contributed by atoms with Gasteiger partial charge in [-0.25, -0.2) is 0 Å². The largest absolute Gasteiger partial charge is 0.395 e. The Labute approximate surface area is 96.3 Å². The fourth-order valence-corrected chi connectivity index (χ4v) is 1.63. The molecule has 0 aliphatic heterocycles. The third-order valence-corrected chi connectivity index (χ3v) is 2.82. The monoisotopic (exact) mass is 227 g/mol. The molecule has 2 atom stereocenters. The van der Waals surface area contributed by atoms with Crippen LogP contribution in [0.15, 0.2) is 24.3 Å². The molecule has 0 amide bonds. The number of aliphatic hydroxyl groups excluding tert-OH is 1. The highest BCUT2D eigenvalue weighted by atomic mass is 35.5. The lowest BCUT2D eigenvalue weighted by Crippen LogP contribution is -2.33. The summed E-state index contributed by atoms with van der Waals surface area (Å²) in [5.41, 5.74) is 1.19. The van der Waals surface area contributed by atoms with Gasteiger partial charge in [-0.2, -0.15) is 0 Å². The number of benzene rings is 1. The molecule has 3 heteroatoms. The summed E-state index contributed by atoms with van der Waals surface area (Å²) in [7, 11) is 0. The topological polar surface area (TPSA) is 32.3 Å². The van der Waals surface area contributed by atoms with Crippen molar-refractivity contribution in [3.8, 4) is 0 Å². The molecule has 0 radical (unpaired) electrons. The van der Waals surface area contributed by atoms with Crippen LogP contribution in [0.3, 0.4) is 0 Å². The molecule has 0 saturated carbocycles. The average molecular weight is 228 g/mol. The van der Waals surface area contributed by atoms with Crippen LogP contribution >= 0.6 is 11.6 Å². The number of nitrogens with one attached hydrogen (secondary N) is 1. The van der Waals surface area contributed by atoms with Gasteiger partial charge >= 0.3 is 0 Å². The van der Waals surface area contributed by atoms with Crippen molar-refractivity contribution in [2.24, 2.45) is 0 Å². The Balaban J connectivity index is 2.60. The molecule has 1 aromatic carbocycles. The van der Waals surface area contributed by atoms with Crippen LogP contribution in [0.1, 0.15) is 31.9 Å². The number of rotatable bonds is 5. The number of aliphatic hydroxyl groups is 1. The van der Waals surface area contributed by atoms with Crippen LogP contribution in [0.5, 0.6) is 0 Å².